The Labute approximate surface area is 107 Å². The molecule has 0 saturated carbocycles. The van der Waals surface area contributed by atoms with Crippen LogP contribution in [0.4, 0.5) is 5.82 Å². The van der Waals surface area contributed by atoms with Crippen molar-refractivity contribution in [3.63, 3.8) is 0 Å². The number of hydrogen-bond donors (Lipinski definition) is 1. The van der Waals surface area contributed by atoms with E-state index >= 15 is 0 Å². The molecule has 0 atom stereocenters. The van der Waals surface area contributed by atoms with Gasteiger partial charge in [-0.25, -0.2) is 9.97 Å². The Morgan fingerprint density at radius 1 is 1.19 bits per heavy atom. The maximum Gasteiger partial charge on any atom is 0.142 e. The van der Waals surface area contributed by atoms with Crippen molar-refractivity contribution in [2.24, 2.45) is 0 Å². The minimum absolute atomic E-state index is 0.463. The molecule has 0 unspecified atom stereocenters. The smallest absolute Gasteiger partial charge is 0.142 e. The standard InChI is InChI=1S/C11H10BrN3S/c1-7-2-4-8(5-3-7)16-11-9(12)10(13)14-6-15-11/h2-6H,1H3,(H2,13,14,15). The van der Waals surface area contributed by atoms with Gasteiger partial charge in [0.25, 0.3) is 0 Å². The van der Waals surface area contributed by atoms with Crippen molar-refractivity contribution in [3.05, 3.63) is 40.6 Å². The molecule has 0 aliphatic rings. The van der Waals surface area contributed by atoms with Crippen LogP contribution in [0.15, 0.2) is 45.0 Å². The van der Waals surface area contributed by atoms with Crippen LogP contribution in [0.5, 0.6) is 0 Å². The van der Waals surface area contributed by atoms with Gasteiger partial charge < -0.3 is 5.73 Å². The van der Waals surface area contributed by atoms with E-state index < -0.39 is 0 Å². The van der Waals surface area contributed by atoms with Gasteiger partial charge in [-0.1, -0.05) is 29.5 Å². The number of hydrogen-bond acceptors (Lipinski definition) is 4. The zero-order valence-electron chi connectivity index (χ0n) is 8.64. The molecule has 0 radical (unpaired) electrons. The second-order valence-electron chi connectivity index (χ2n) is 3.29. The van der Waals surface area contributed by atoms with E-state index in [4.69, 9.17) is 5.73 Å². The van der Waals surface area contributed by atoms with Crippen LogP contribution in [-0.2, 0) is 0 Å². The maximum absolute atomic E-state index is 5.69. The Kier molecular flexibility index (Phi) is 3.46. The second-order valence-corrected chi connectivity index (χ2v) is 5.15. The van der Waals surface area contributed by atoms with Crippen LogP contribution in [0.25, 0.3) is 0 Å². The highest BCUT2D eigenvalue weighted by molar-refractivity contribution is 9.10. The molecule has 1 aromatic carbocycles. The molecule has 1 heterocycles. The van der Waals surface area contributed by atoms with Gasteiger partial charge in [0.15, 0.2) is 0 Å². The summed E-state index contributed by atoms with van der Waals surface area (Å²) < 4.78 is 0.751. The molecular formula is C11H10BrN3S. The summed E-state index contributed by atoms with van der Waals surface area (Å²) in [5.74, 6) is 0.463. The van der Waals surface area contributed by atoms with Crippen LogP contribution in [0.2, 0.25) is 0 Å². The van der Waals surface area contributed by atoms with Crippen molar-refractivity contribution in [1.82, 2.24) is 9.97 Å². The molecular weight excluding hydrogens is 286 g/mol. The third-order valence-electron chi connectivity index (χ3n) is 2.02. The van der Waals surface area contributed by atoms with Crippen LogP contribution < -0.4 is 5.73 Å². The van der Waals surface area contributed by atoms with E-state index in [1.807, 2.05) is 0 Å². The number of aryl methyl sites for hydroxylation is 1. The third-order valence-corrected chi connectivity index (χ3v) is 4.07. The summed E-state index contributed by atoms with van der Waals surface area (Å²) in [4.78, 5) is 9.21. The average molecular weight is 296 g/mol. The molecule has 0 spiro atoms. The van der Waals surface area contributed by atoms with Crippen LogP contribution in [0.1, 0.15) is 5.56 Å². The molecule has 3 nitrogen and oxygen atoms in total. The maximum atomic E-state index is 5.69. The van der Waals surface area contributed by atoms with Crippen LogP contribution in [0.3, 0.4) is 0 Å². The van der Waals surface area contributed by atoms with E-state index in [-0.39, 0.29) is 0 Å². The van der Waals surface area contributed by atoms with Gasteiger partial charge in [-0.3, -0.25) is 0 Å². The molecule has 0 saturated heterocycles. The van der Waals surface area contributed by atoms with Gasteiger partial charge in [0.2, 0.25) is 0 Å². The minimum atomic E-state index is 0.463. The Hall–Kier alpha value is -1.07. The first-order valence-electron chi connectivity index (χ1n) is 4.67. The first-order chi connectivity index (χ1) is 7.66. The molecule has 0 aliphatic heterocycles. The number of halogens is 1. The predicted octanol–water partition coefficient (Wildman–Crippen LogP) is 3.28. The van der Waals surface area contributed by atoms with Crippen molar-refractivity contribution in [2.45, 2.75) is 16.8 Å². The average Bonchev–Trinajstić information content (AvgIpc) is 2.28. The largest absolute Gasteiger partial charge is 0.383 e. The summed E-state index contributed by atoms with van der Waals surface area (Å²) in [7, 11) is 0. The van der Waals surface area contributed by atoms with Crippen LogP contribution >= 0.6 is 27.7 Å². The Bertz CT molecular complexity index is 499. The van der Waals surface area contributed by atoms with E-state index in [0.29, 0.717) is 5.82 Å². The van der Waals surface area contributed by atoms with Crippen molar-refractivity contribution in [2.75, 3.05) is 5.73 Å². The fraction of sp³-hybridized carbons (Fsp3) is 0.0909. The van der Waals surface area contributed by atoms with E-state index in [1.165, 1.54) is 11.9 Å². The fourth-order valence-electron chi connectivity index (χ4n) is 1.16. The predicted molar refractivity (Wildman–Crippen MR) is 69.4 cm³/mol. The van der Waals surface area contributed by atoms with E-state index in [1.54, 1.807) is 11.8 Å². The topological polar surface area (TPSA) is 51.8 Å². The zero-order chi connectivity index (χ0) is 11.5. The summed E-state index contributed by atoms with van der Waals surface area (Å²) in [6.45, 7) is 2.06. The lowest BCUT2D eigenvalue weighted by Gasteiger charge is -2.04. The number of benzene rings is 1. The van der Waals surface area contributed by atoms with E-state index in [2.05, 4.69) is 57.1 Å². The normalized spacial score (nSPS) is 10.4. The molecule has 0 fully saturated rings. The SMILES string of the molecule is Cc1ccc(Sc2ncnc(N)c2Br)cc1. The Balaban J connectivity index is 2.27. The molecule has 2 rings (SSSR count). The third kappa shape index (κ3) is 2.54. The number of nitrogens with zero attached hydrogens (tertiary/aromatic N) is 2. The minimum Gasteiger partial charge on any atom is -0.383 e. The van der Waals surface area contributed by atoms with Crippen LogP contribution in [0, 0.1) is 6.92 Å². The van der Waals surface area contributed by atoms with Gasteiger partial charge in [0.1, 0.15) is 17.2 Å². The zero-order valence-corrected chi connectivity index (χ0v) is 11.0. The number of rotatable bonds is 2. The molecule has 0 aliphatic carbocycles. The molecule has 16 heavy (non-hydrogen) atoms. The fourth-order valence-corrected chi connectivity index (χ4v) is 2.39. The van der Waals surface area contributed by atoms with Gasteiger partial charge in [0.05, 0.1) is 4.47 Å². The summed E-state index contributed by atoms with van der Waals surface area (Å²) in [5, 5.41) is 0.830. The molecule has 2 N–H and O–H groups in total. The number of anilines is 1. The van der Waals surface area contributed by atoms with Crippen molar-refractivity contribution in [1.29, 1.82) is 0 Å². The molecule has 5 heteroatoms. The first kappa shape index (κ1) is 11.4. The highest BCUT2D eigenvalue weighted by Crippen LogP contribution is 2.33. The second kappa shape index (κ2) is 4.84. The van der Waals surface area contributed by atoms with Crippen molar-refractivity contribution >= 4 is 33.5 Å². The monoisotopic (exact) mass is 295 g/mol. The lowest BCUT2D eigenvalue weighted by atomic mass is 10.2. The van der Waals surface area contributed by atoms with Gasteiger partial charge >= 0.3 is 0 Å². The highest BCUT2D eigenvalue weighted by atomic mass is 79.9. The number of nitrogen functional groups attached to an aromatic ring is 1. The number of nitrogens with two attached hydrogens (primary N) is 1. The van der Waals surface area contributed by atoms with Gasteiger partial charge in [-0.15, -0.1) is 0 Å². The first-order valence-corrected chi connectivity index (χ1v) is 6.28. The van der Waals surface area contributed by atoms with Crippen LogP contribution in [-0.4, -0.2) is 9.97 Å². The highest BCUT2D eigenvalue weighted by Gasteiger charge is 2.07. The van der Waals surface area contributed by atoms with Crippen molar-refractivity contribution in [3.8, 4) is 0 Å². The van der Waals surface area contributed by atoms with Gasteiger partial charge in [-0.2, -0.15) is 0 Å². The Morgan fingerprint density at radius 2 is 1.88 bits per heavy atom. The van der Waals surface area contributed by atoms with Gasteiger partial charge in [-0.05, 0) is 35.0 Å². The van der Waals surface area contributed by atoms with Gasteiger partial charge in [0, 0.05) is 4.90 Å². The summed E-state index contributed by atoms with van der Waals surface area (Å²) >= 11 is 4.94. The van der Waals surface area contributed by atoms with Crippen molar-refractivity contribution < 1.29 is 0 Å². The molecule has 82 valence electrons. The summed E-state index contributed by atoms with van der Waals surface area (Å²) in [5.41, 5.74) is 6.93. The lowest BCUT2D eigenvalue weighted by Crippen LogP contribution is -1.94. The van der Waals surface area contributed by atoms with E-state index in [9.17, 15) is 0 Å². The molecule has 0 bridgehead atoms. The van der Waals surface area contributed by atoms with E-state index in [0.717, 1.165) is 14.4 Å². The molecule has 0 amide bonds. The molecule has 1 aromatic heterocycles. The number of aromatic nitrogens is 2. The Morgan fingerprint density at radius 3 is 2.56 bits per heavy atom. The molecule has 2 aromatic rings. The summed E-state index contributed by atoms with van der Waals surface area (Å²) in [6, 6.07) is 8.26. The summed E-state index contributed by atoms with van der Waals surface area (Å²) in [6.07, 6.45) is 1.47. The lowest BCUT2D eigenvalue weighted by molar-refractivity contribution is 1.03. The quantitative estimate of drug-likeness (QED) is 0.864.